The molecule has 0 bridgehead atoms. The number of hydrogen-bond donors (Lipinski definition) is 2. The maximum Gasteiger partial charge on any atom is 0.0543 e. The quantitative estimate of drug-likeness (QED) is 0.465. The van der Waals surface area contributed by atoms with Gasteiger partial charge in [0.15, 0.2) is 0 Å². The molecule has 0 radical (unpaired) electrons. The van der Waals surface area contributed by atoms with E-state index in [1.54, 1.807) is 7.11 Å². The Kier molecular flexibility index (Phi) is 3.98. The third kappa shape index (κ3) is 3.09. The maximum absolute atomic E-state index is 5.45. The Morgan fingerprint density at radius 3 is 2.58 bits per heavy atom. The van der Waals surface area contributed by atoms with Gasteiger partial charge in [-0.1, -0.05) is 0 Å². The maximum atomic E-state index is 5.45. The Balaban J connectivity index is 2.10. The van der Waals surface area contributed by atoms with E-state index >= 15 is 0 Å². The average Bonchev–Trinajstić information content (AvgIpc) is 2.89. The summed E-state index contributed by atoms with van der Waals surface area (Å²) in [6, 6.07) is 0.516. The molecule has 3 heteroatoms. The summed E-state index contributed by atoms with van der Waals surface area (Å²) in [5, 5.41) is 0. The molecule has 1 aliphatic carbocycles. The molecular formula is C9H20N2O. The van der Waals surface area contributed by atoms with Gasteiger partial charge in [-0.25, -0.2) is 0 Å². The van der Waals surface area contributed by atoms with Crippen molar-refractivity contribution >= 4 is 0 Å². The number of hydrogen-bond acceptors (Lipinski definition) is 3. The fourth-order valence-electron chi connectivity index (χ4n) is 1.49. The summed E-state index contributed by atoms with van der Waals surface area (Å²) in [7, 11) is 1.76. The zero-order valence-corrected chi connectivity index (χ0v) is 8.05. The van der Waals surface area contributed by atoms with E-state index in [0.717, 1.165) is 18.8 Å². The van der Waals surface area contributed by atoms with Gasteiger partial charge in [0.2, 0.25) is 0 Å². The van der Waals surface area contributed by atoms with Crippen LogP contribution in [0.3, 0.4) is 0 Å². The molecule has 0 aromatic rings. The summed E-state index contributed by atoms with van der Waals surface area (Å²) in [5.41, 5.74) is 2.89. The van der Waals surface area contributed by atoms with Crippen LogP contribution in [0.15, 0.2) is 0 Å². The van der Waals surface area contributed by atoms with Crippen molar-refractivity contribution in [2.24, 2.45) is 11.8 Å². The second-order valence-corrected chi connectivity index (χ2v) is 3.73. The molecule has 1 saturated carbocycles. The molecule has 12 heavy (non-hydrogen) atoms. The topological polar surface area (TPSA) is 47.3 Å². The molecule has 0 aromatic heterocycles. The van der Waals surface area contributed by atoms with Crippen molar-refractivity contribution in [3.63, 3.8) is 0 Å². The van der Waals surface area contributed by atoms with E-state index in [4.69, 9.17) is 10.6 Å². The molecule has 2 atom stereocenters. The summed E-state index contributed by atoms with van der Waals surface area (Å²) in [6.45, 7) is 2.10. The third-order valence-corrected chi connectivity index (χ3v) is 2.69. The second kappa shape index (κ2) is 4.80. The fourth-order valence-corrected chi connectivity index (χ4v) is 1.49. The normalized spacial score (nSPS) is 22.2. The van der Waals surface area contributed by atoms with Crippen molar-refractivity contribution in [3.8, 4) is 0 Å². The predicted octanol–water partition coefficient (Wildman–Crippen LogP) is 1.04. The first-order valence-electron chi connectivity index (χ1n) is 4.76. The smallest absolute Gasteiger partial charge is 0.0543 e. The van der Waals surface area contributed by atoms with Crippen LogP contribution in [0.5, 0.6) is 0 Å². The predicted molar refractivity (Wildman–Crippen MR) is 49.5 cm³/mol. The van der Waals surface area contributed by atoms with Crippen LogP contribution in [-0.4, -0.2) is 19.3 Å². The Labute approximate surface area is 74.6 Å². The number of hydrazine groups is 1. The van der Waals surface area contributed by atoms with Gasteiger partial charge in [0.05, 0.1) is 6.10 Å². The van der Waals surface area contributed by atoms with Gasteiger partial charge in [-0.2, -0.15) is 0 Å². The molecular weight excluding hydrogens is 152 g/mol. The van der Waals surface area contributed by atoms with E-state index < -0.39 is 0 Å². The van der Waals surface area contributed by atoms with Gasteiger partial charge < -0.3 is 4.74 Å². The molecule has 1 rings (SSSR count). The lowest BCUT2D eigenvalue weighted by molar-refractivity contribution is 0.105. The van der Waals surface area contributed by atoms with Crippen LogP contribution in [0.1, 0.15) is 32.6 Å². The molecule has 0 heterocycles. The van der Waals surface area contributed by atoms with E-state index in [2.05, 4.69) is 12.3 Å². The summed E-state index contributed by atoms with van der Waals surface area (Å²) in [5.74, 6) is 6.28. The Morgan fingerprint density at radius 1 is 1.50 bits per heavy atom. The monoisotopic (exact) mass is 172 g/mol. The molecule has 3 N–H and O–H groups in total. The summed E-state index contributed by atoms with van der Waals surface area (Å²) in [6.07, 6.45) is 5.28. The zero-order chi connectivity index (χ0) is 8.97. The minimum absolute atomic E-state index is 0.361. The number of rotatable bonds is 6. The first kappa shape index (κ1) is 9.96. The van der Waals surface area contributed by atoms with Crippen molar-refractivity contribution in [2.45, 2.75) is 44.8 Å². The van der Waals surface area contributed by atoms with Crippen LogP contribution in [0.2, 0.25) is 0 Å². The van der Waals surface area contributed by atoms with Crippen LogP contribution in [0, 0.1) is 5.92 Å². The lowest BCUT2D eigenvalue weighted by atomic mass is 10.1. The summed E-state index contributed by atoms with van der Waals surface area (Å²) in [4.78, 5) is 0. The fraction of sp³-hybridized carbons (Fsp3) is 1.00. The molecule has 0 aromatic carbocycles. The molecule has 0 aliphatic heterocycles. The van der Waals surface area contributed by atoms with E-state index in [9.17, 15) is 0 Å². The zero-order valence-electron chi connectivity index (χ0n) is 8.05. The molecule has 0 amide bonds. The van der Waals surface area contributed by atoms with Gasteiger partial charge in [0, 0.05) is 13.2 Å². The molecule has 1 aliphatic rings. The van der Waals surface area contributed by atoms with Crippen molar-refractivity contribution in [1.29, 1.82) is 0 Å². The first-order chi connectivity index (χ1) is 5.77. The SMILES string of the molecule is COC(C)CCC(NN)C1CC1. The van der Waals surface area contributed by atoms with Gasteiger partial charge >= 0.3 is 0 Å². The lowest BCUT2D eigenvalue weighted by Gasteiger charge is -2.16. The van der Waals surface area contributed by atoms with Crippen LogP contribution >= 0.6 is 0 Å². The van der Waals surface area contributed by atoms with Crippen LogP contribution in [-0.2, 0) is 4.74 Å². The van der Waals surface area contributed by atoms with Crippen LogP contribution in [0.4, 0.5) is 0 Å². The van der Waals surface area contributed by atoms with Crippen molar-refractivity contribution < 1.29 is 4.74 Å². The minimum Gasteiger partial charge on any atom is -0.382 e. The van der Waals surface area contributed by atoms with E-state index in [0.29, 0.717) is 12.1 Å². The largest absolute Gasteiger partial charge is 0.382 e. The molecule has 2 unspecified atom stereocenters. The molecule has 0 saturated heterocycles. The van der Waals surface area contributed by atoms with E-state index in [1.807, 2.05) is 0 Å². The second-order valence-electron chi connectivity index (χ2n) is 3.73. The summed E-state index contributed by atoms with van der Waals surface area (Å²) < 4.78 is 5.18. The number of methoxy groups -OCH3 is 1. The highest BCUT2D eigenvalue weighted by atomic mass is 16.5. The highest BCUT2D eigenvalue weighted by molar-refractivity contribution is 4.85. The molecule has 1 fully saturated rings. The molecule has 72 valence electrons. The highest BCUT2D eigenvalue weighted by Gasteiger charge is 2.30. The third-order valence-electron chi connectivity index (χ3n) is 2.69. The van der Waals surface area contributed by atoms with Gasteiger partial charge in [-0.05, 0) is 38.5 Å². The molecule has 3 nitrogen and oxygen atoms in total. The van der Waals surface area contributed by atoms with Gasteiger partial charge in [-0.3, -0.25) is 11.3 Å². The number of nitrogens with one attached hydrogen (secondary N) is 1. The highest BCUT2D eigenvalue weighted by Crippen LogP contribution is 2.34. The minimum atomic E-state index is 0.361. The van der Waals surface area contributed by atoms with E-state index in [-0.39, 0.29) is 0 Å². The van der Waals surface area contributed by atoms with Crippen molar-refractivity contribution in [3.05, 3.63) is 0 Å². The number of nitrogens with two attached hydrogens (primary N) is 1. The number of ether oxygens (including phenoxy) is 1. The average molecular weight is 172 g/mol. The van der Waals surface area contributed by atoms with Gasteiger partial charge in [0.1, 0.15) is 0 Å². The van der Waals surface area contributed by atoms with Crippen molar-refractivity contribution in [2.75, 3.05) is 7.11 Å². The molecule has 0 spiro atoms. The Hall–Kier alpha value is -0.120. The summed E-state index contributed by atoms with van der Waals surface area (Å²) >= 11 is 0. The lowest BCUT2D eigenvalue weighted by Crippen LogP contribution is -2.37. The first-order valence-corrected chi connectivity index (χ1v) is 4.76. The van der Waals surface area contributed by atoms with Gasteiger partial charge in [0.25, 0.3) is 0 Å². The standard InChI is InChI=1S/C9H20N2O/c1-7(12-2)3-6-9(11-10)8-4-5-8/h7-9,11H,3-6,10H2,1-2H3. The van der Waals surface area contributed by atoms with Crippen LogP contribution in [0.25, 0.3) is 0 Å². The van der Waals surface area contributed by atoms with Crippen LogP contribution < -0.4 is 11.3 Å². The van der Waals surface area contributed by atoms with Gasteiger partial charge in [-0.15, -0.1) is 0 Å². The Morgan fingerprint density at radius 2 is 2.17 bits per heavy atom. The van der Waals surface area contributed by atoms with E-state index in [1.165, 1.54) is 12.8 Å². The Bertz CT molecular complexity index is 126. The van der Waals surface area contributed by atoms with Crippen molar-refractivity contribution in [1.82, 2.24) is 5.43 Å².